The predicted molar refractivity (Wildman–Crippen MR) is 108 cm³/mol. The summed E-state index contributed by atoms with van der Waals surface area (Å²) in [4.78, 5) is 42.6. The number of nitrogen functional groups attached to an aromatic ring is 1. The first-order chi connectivity index (χ1) is 14.0. The third kappa shape index (κ3) is 2.82. The van der Waals surface area contributed by atoms with Crippen molar-refractivity contribution in [1.82, 2.24) is 15.2 Å². The SMILES string of the molecule is Nc1ccc2c(-c3ccc4c(c3)CN(C3CCC(=O)NC3=O)C4=O)nccc2c1. The third-order valence-corrected chi connectivity index (χ3v) is 5.59. The lowest BCUT2D eigenvalue weighted by molar-refractivity contribution is -0.136. The van der Waals surface area contributed by atoms with Gasteiger partial charge in [0.15, 0.2) is 0 Å². The molecular formula is C22H18N4O3. The van der Waals surface area contributed by atoms with E-state index in [-0.39, 0.29) is 18.2 Å². The lowest BCUT2D eigenvalue weighted by Crippen LogP contribution is -2.52. The van der Waals surface area contributed by atoms with Crippen LogP contribution in [0.25, 0.3) is 22.0 Å². The Balaban J connectivity index is 1.51. The normalized spacial score (nSPS) is 18.8. The van der Waals surface area contributed by atoms with Gasteiger partial charge in [0.05, 0.1) is 5.69 Å². The van der Waals surface area contributed by atoms with Gasteiger partial charge in [0, 0.05) is 41.4 Å². The predicted octanol–water partition coefficient (Wildman–Crippen LogP) is 2.25. The number of nitrogens with one attached hydrogen (secondary N) is 1. The summed E-state index contributed by atoms with van der Waals surface area (Å²) in [5.74, 6) is -0.879. The molecule has 3 heterocycles. The van der Waals surface area contributed by atoms with Crippen LogP contribution < -0.4 is 11.1 Å². The van der Waals surface area contributed by atoms with Crippen molar-refractivity contribution in [3.63, 3.8) is 0 Å². The molecule has 29 heavy (non-hydrogen) atoms. The van der Waals surface area contributed by atoms with Crippen molar-refractivity contribution in [3.8, 4) is 11.3 Å². The topological polar surface area (TPSA) is 105 Å². The van der Waals surface area contributed by atoms with Gasteiger partial charge >= 0.3 is 0 Å². The average molecular weight is 386 g/mol. The van der Waals surface area contributed by atoms with E-state index in [2.05, 4.69) is 10.3 Å². The van der Waals surface area contributed by atoms with Crippen LogP contribution in [-0.4, -0.2) is 33.6 Å². The molecule has 0 bridgehead atoms. The molecule has 0 spiro atoms. The van der Waals surface area contributed by atoms with Crippen LogP contribution in [-0.2, 0) is 16.1 Å². The smallest absolute Gasteiger partial charge is 0.255 e. The fourth-order valence-electron chi connectivity index (χ4n) is 4.15. The largest absolute Gasteiger partial charge is 0.399 e. The van der Waals surface area contributed by atoms with Crippen molar-refractivity contribution in [2.45, 2.75) is 25.4 Å². The first-order valence-corrected chi connectivity index (χ1v) is 9.43. The van der Waals surface area contributed by atoms with E-state index in [1.54, 1.807) is 17.2 Å². The molecule has 5 rings (SSSR count). The molecule has 3 aromatic rings. The molecule has 3 N–H and O–H groups in total. The van der Waals surface area contributed by atoms with E-state index in [9.17, 15) is 14.4 Å². The third-order valence-electron chi connectivity index (χ3n) is 5.59. The maximum absolute atomic E-state index is 12.9. The minimum atomic E-state index is -0.616. The Bertz CT molecular complexity index is 1200. The molecule has 1 saturated heterocycles. The van der Waals surface area contributed by atoms with Crippen molar-refractivity contribution in [2.75, 3.05) is 5.73 Å². The number of carbonyl (C=O) groups excluding carboxylic acids is 3. The van der Waals surface area contributed by atoms with Crippen LogP contribution >= 0.6 is 0 Å². The molecule has 1 fully saturated rings. The van der Waals surface area contributed by atoms with Crippen molar-refractivity contribution in [1.29, 1.82) is 0 Å². The van der Waals surface area contributed by atoms with Crippen LogP contribution in [0.2, 0.25) is 0 Å². The summed E-state index contributed by atoms with van der Waals surface area (Å²) < 4.78 is 0. The number of nitrogens with two attached hydrogens (primary N) is 1. The summed E-state index contributed by atoms with van der Waals surface area (Å²) in [5, 5.41) is 4.30. The van der Waals surface area contributed by atoms with Gasteiger partial charge in [0.2, 0.25) is 11.8 Å². The van der Waals surface area contributed by atoms with Crippen LogP contribution in [0.5, 0.6) is 0 Å². The van der Waals surface area contributed by atoms with Gasteiger partial charge in [-0.05, 0) is 47.7 Å². The van der Waals surface area contributed by atoms with Crippen LogP contribution in [0, 0.1) is 0 Å². The highest BCUT2D eigenvalue weighted by Gasteiger charge is 2.39. The lowest BCUT2D eigenvalue weighted by Gasteiger charge is -2.29. The highest BCUT2D eigenvalue weighted by molar-refractivity contribution is 6.06. The van der Waals surface area contributed by atoms with Gasteiger partial charge in [0.25, 0.3) is 5.91 Å². The molecular weight excluding hydrogens is 368 g/mol. The molecule has 2 aliphatic rings. The highest BCUT2D eigenvalue weighted by Crippen LogP contribution is 2.33. The van der Waals surface area contributed by atoms with Gasteiger partial charge < -0.3 is 10.6 Å². The minimum Gasteiger partial charge on any atom is -0.399 e. The summed E-state index contributed by atoms with van der Waals surface area (Å²) in [6.45, 7) is 0.339. The minimum absolute atomic E-state index is 0.181. The van der Waals surface area contributed by atoms with Crippen molar-refractivity contribution in [3.05, 3.63) is 59.8 Å². The molecule has 1 atom stereocenters. The quantitative estimate of drug-likeness (QED) is 0.519. The summed E-state index contributed by atoms with van der Waals surface area (Å²) in [6, 6.07) is 12.6. The van der Waals surface area contributed by atoms with Crippen LogP contribution in [0.3, 0.4) is 0 Å². The molecule has 2 aromatic carbocycles. The number of carbonyl (C=O) groups is 3. The van der Waals surface area contributed by atoms with Gasteiger partial charge in [-0.15, -0.1) is 0 Å². The van der Waals surface area contributed by atoms with E-state index >= 15 is 0 Å². The number of nitrogens with zero attached hydrogens (tertiary/aromatic N) is 2. The summed E-state index contributed by atoms with van der Waals surface area (Å²) >= 11 is 0. The van der Waals surface area contributed by atoms with E-state index < -0.39 is 11.9 Å². The van der Waals surface area contributed by atoms with Crippen LogP contribution in [0.1, 0.15) is 28.8 Å². The Morgan fingerprint density at radius 3 is 2.76 bits per heavy atom. The summed E-state index contributed by atoms with van der Waals surface area (Å²) in [5.41, 5.74) is 9.74. The van der Waals surface area contributed by atoms with Gasteiger partial charge in [0.1, 0.15) is 6.04 Å². The number of imide groups is 1. The standard InChI is InChI=1S/C22H18N4O3/c23-15-2-4-16-12(10-15)7-8-24-20(16)13-1-3-17-14(9-13)11-26(22(17)29)18-5-6-19(27)25-21(18)28/h1-4,7-10,18H,5-6,11,23H2,(H,25,27,28). The van der Waals surface area contributed by atoms with E-state index in [0.29, 0.717) is 24.2 Å². The zero-order valence-electron chi connectivity index (χ0n) is 15.5. The second-order valence-electron chi connectivity index (χ2n) is 7.41. The molecule has 1 aromatic heterocycles. The van der Waals surface area contributed by atoms with Crippen molar-refractivity contribution < 1.29 is 14.4 Å². The van der Waals surface area contributed by atoms with Crippen LogP contribution in [0.15, 0.2) is 48.7 Å². The Hall–Kier alpha value is -3.74. The lowest BCUT2D eigenvalue weighted by atomic mass is 10.00. The molecule has 7 heteroatoms. The Morgan fingerprint density at radius 1 is 1.07 bits per heavy atom. The fraction of sp³-hybridized carbons (Fsp3) is 0.182. The molecule has 0 saturated carbocycles. The average Bonchev–Trinajstić information content (AvgIpc) is 3.03. The molecule has 3 amide bonds. The summed E-state index contributed by atoms with van der Waals surface area (Å²) in [6.07, 6.45) is 2.33. The van der Waals surface area contributed by atoms with E-state index in [1.165, 1.54) is 0 Å². The van der Waals surface area contributed by atoms with E-state index in [4.69, 9.17) is 5.73 Å². The number of piperidine rings is 1. The molecule has 1 unspecified atom stereocenters. The molecule has 144 valence electrons. The van der Waals surface area contributed by atoms with Crippen molar-refractivity contribution in [2.24, 2.45) is 0 Å². The second kappa shape index (κ2) is 6.41. The monoisotopic (exact) mass is 386 g/mol. The van der Waals surface area contributed by atoms with Crippen LogP contribution in [0.4, 0.5) is 5.69 Å². The van der Waals surface area contributed by atoms with Gasteiger partial charge in [-0.3, -0.25) is 24.7 Å². The number of amides is 3. The number of benzene rings is 2. The first-order valence-electron chi connectivity index (χ1n) is 9.43. The number of hydrogen-bond donors (Lipinski definition) is 2. The molecule has 2 aliphatic heterocycles. The van der Waals surface area contributed by atoms with Gasteiger partial charge in [-0.2, -0.15) is 0 Å². The number of anilines is 1. The number of fused-ring (bicyclic) bond motifs is 2. The van der Waals surface area contributed by atoms with E-state index in [0.717, 1.165) is 27.6 Å². The maximum atomic E-state index is 12.9. The van der Waals surface area contributed by atoms with Gasteiger partial charge in [-0.25, -0.2) is 0 Å². The molecule has 0 radical (unpaired) electrons. The summed E-state index contributed by atoms with van der Waals surface area (Å²) in [7, 11) is 0. The first kappa shape index (κ1) is 17.4. The zero-order chi connectivity index (χ0) is 20.1. The molecule has 7 nitrogen and oxygen atoms in total. The Labute approximate surface area is 166 Å². The zero-order valence-corrected chi connectivity index (χ0v) is 15.5. The number of pyridine rings is 1. The number of hydrogen-bond acceptors (Lipinski definition) is 5. The maximum Gasteiger partial charge on any atom is 0.255 e. The van der Waals surface area contributed by atoms with E-state index in [1.807, 2.05) is 36.4 Å². The van der Waals surface area contributed by atoms with Crippen molar-refractivity contribution >= 4 is 34.2 Å². The second-order valence-corrected chi connectivity index (χ2v) is 7.41. The Morgan fingerprint density at radius 2 is 1.93 bits per heavy atom. The number of rotatable bonds is 2. The Kier molecular flexibility index (Phi) is 3.84. The van der Waals surface area contributed by atoms with Gasteiger partial charge in [-0.1, -0.05) is 12.1 Å². The molecule has 0 aliphatic carbocycles. The highest BCUT2D eigenvalue weighted by atomic mass is 16.2. The fourth-order valence-corrected chi connectivity index (χ4v) is 4.15. The number of aromatic nitrogens is 1.